The van der Waals surface area contributed by atoms with E-state index in [-0.39, 0.29) is 5.56 Å². The molecule has 35 heavy (non-hydrogen) atoms. The molecular weight excluding hydrogens is 442 g/mol. The third-order valence-electron chi connectivity index (χ3n) is 6.37. The van der Waals surface area contributed by atoms with Gasteiger partial charge >= 0.3 is 0 Å². The van der Waals surface area contributed by atoms with Gasteiger partial charge in [0.1, 0.15) is 11.5 Å². The predicted molar refractivity (Wildman–Crippen MR) is 137 cm³/mol. The molecule has 4 heterocycles. The zero-order valence-electron chi connectivity index (χ0n) is 20.0. The monoisotopic (exact) mass is 471 g/mol. The van der Waals surface area contributed by atoms with Crippen molar-refractivity contribution in [3.8, 4) is 17.3 Å². The van der Waals surface area contributed by atoms with Gasteiger partial charge in [-0.25, -0.2) is 9.97 Å². The van der Waals surface area contributed by atoms with E-state index >= 15 is 0 Å². The SMILES string of the molecule is COc1cncc(-c2cc3cc[nH]c(=O)c3c(Nc3ccc(CCN4CCN(C)CC4)cc3)n2)n1. The van der Waals surface area contributed by atoms with Crippen molar-refractivity contribution in [2.45, 2.75) is 6.42 Å². The Morgan fingerprint density at radius 2 is 1.83 bits per heavy atom. The molecule has 0 spiro atoms. The lowest BCUT2D eigenvalue weighted by atomic mass is 10.1. The summed E-state index contributed by atoms with van der Waals surface area (Å²) in [5.41, 5.74) is 3.10. The van der Waals surface area contributed by atoms with Crippen molar-refractivity contribution in [2.75, 3.05) is 52.2 Å². The molecule has 1 aliphatic heterocycles. The number of methoxy groups -OCH3 is 1. The normalized spacial score (nSPS) is 14.8. The van der Waals surface area contributed by atoms with Crippen molar-refractivity contribution >= 4 is 22.3 Å². The Labute approximate surface area is 203 Å². The van der Waals surface area contributed by atoms with E-state index in [0.717, 1.165) is 50.2 Å². The van der Waals surface area contributed by atoms with Gasteiger partial charge in [-0.2, -0.15) is 0 Å². The van der Waals surface area contributed by atoms with Gasteiger partial charge in [0.15, 0.2) is 0 Å². The Bertz CT molecular complexity index is 1360. The van der Waals surface area contributed by atoms with Crippen molar-refractivity contribution in [3.05, 3.63) is 70.9 Å². The van der Waals surface area contributed by atoms with Gasteiger partial charge in [0, 0.05) is 44.6 Å². The van der Waals surface area contributed by atoms with E-state index in [1.165, 1.54) is 5.56 Å². The summed E-state index contributed by atoms with van der Waals surface area (Å²) >= 11 is 0. The second kappa shape index (κ2) is 10.2. The van der Waals surface area contributed by atoms with E-state index in [1.54, 1.807) is 25.7 Å². The third-order valence-corrected chi connectivity index (χ3v) is 6.37. The summed E-state index contributed by atoms with van der Waals surface area (Å²) < 4.78 is 5.21. The molecule has 1 aromatic carbocycles. The van der Waals surface area contributed by atoms with Gasteiger partial charge in [-0.3, -0.25) is 9.78 Å². The van der Waals surface area contributed by atoms with Crippen LogP contribution in [0.25, 0.3) is 22.2 Å². The van der Waals surface area contributed by atoms with Crippen LogP contribution in [0.3, 0.4) is 0 Å². The van der Waals surface area contributed by atoms with Crippen LogP contribution in [0.4, 0.5) is 11.5 Å². The molecule has 0 unspecified atom stereocenters. The number of aromatic amines is 1. The average molecular weight is 472 g/mol. The number of H-pyrrole nitrogens is 1. The lowest BCUT2D eigenvalue weighted by Gasteiger charge is -2.32. The quantitative estimate of drug-likeness (QED) is 0.425. The maximum Gasteiger partial charge on any atom is 0.259 e. The molecule has 5 rings (SSSR count). The van der Waals surface area contributed by atoms with E-state index in [4.69, 9.17) is 9.72 Å². The van der Waals surface area contributed by atoms with Crippen LogP contribution in [0.5, 0.6) is 5.88 Å². The van der Waals surface area contributed by atoms with Gasteiger partial charge < -0.3 is 24.8 Å². The molecule has 0 atom stereocenters. The second-order valence-electron chi connectivity index (χ2n) is 8.79. The molecule has 0 amide bonds. The van der Waals surface area contributed by atoms with Gasteiger partial charge in [-0.05, 0) is 48.7 Å². The molecule has 1 saturated heterocycles. The minimum atomic E-state index is -0.204. The van der Waals surface area contributed by atoms with Gasteiger partial charge in [-0.15, -0.1) is 0 Å². The molecule has 3 aromatic heterocycles. The molecule has 180 valence electrons. The van der Waals surface area contributed by atoms with Crippen LogP contribution in [0.15, 0.2) is 59.8 Å². The predicted octanol–water partition coefficient (Wildman–Crippen LogP) is 2.92. The summed E-state index contributed by atoms with van der Waals surface area (Å²) in [6.45, 7) is 5.56. The van der Waals surface area contributed by atoms with E-state index in [2.05, 4.69) is 49.2 Å². The fraction of sp³-hybridized carbons (Fsp3) is 0.308. The molecule has 0 aliphatic carbocycles. The standard InChI is InChI=1S/C26H29N7O2/c1-32-11-13-33(14-12-32)10-8-18-3-5-20(6-4-18)29-25-24-19(7-9-28-26(24)34)15-21(31-25)22-16-27-17-23(30-22)35-2/h3-7,9,15-17H,8,10-14H2,1-2H3,(H,28,34)(H,29,31). The zero-order valence-corrected chi connectivity index (χ0v) is 20.0. The topological polar surface area (TPSA) is 99.3 Å². The fourth-order valence-corrected chi connectivity index (χ4v) is 4.26. The molecule has 4 aromatic rings. The van der Waals surface area contributed by atoms with E-state index in [0.29, 0.717) is 28.5 Å². The summed E-state index contributed by atoms with van der Waals surface area (Å²) in [4.78, 5) is 33.7. The number of aromatic nitrogens is 4. The number of ether oxygens (including phenoxy) is 1. The molecule has 0 bridgehead atoms. The molecule has 0 radical (unpaired) electrons. The molecule has 1 aliphatic rings. The van der Waals surface area contributed by atoms with Crippen molar-refractivity contribution in [1.29, 1.82) is 0 Å². The number of fused-ring (bicyclic) bond motifs is 1. The number of piperazine rings is 1. The Balaban J connectivity index is 1.38. The Morgan fingerprint density at radius 1 is 1.03 bits per heavy atom. The first-order chi connectivity index (χ1) is 17.1. The molecule has 9 heteroatoms. The summed E-state index contributed by atoms with van der Waals surface area (Å²) in [5, 5.41) is 4.59. The molecule has 0 saturated carbocycles. The number of hydrogen-bond donors (Lipinski definition) is 2. The van der Waals surface area contributed by atoms with Crippen molar-refractivity contribution in [1.82, 2.24) is 29.7 Å². The summed E-state index contributed by atoms with van der Waals surface area (Å²) in [6, 6.07) is 12.0. The number of nitrogens with one attached hydrogen (secondary N) is 2. The Morgan fingerprint density at radius 3 is 2.60 bits per heavy atom. The largest absolute Gasteiger partial charge is 0.480 e. The smallest absolute Gasteiger partial charge is 0.259 e. The summed E-state index contributed by atoms with van der Waals surface area (Å²) in [6.07, 6.45) is 5.81. The van der Waals surface area contributed by atoms with E-state index in [9.17, 15) is 4.79 Å². The zero-order chi connectivity index (χ0) is 24.2. The van der Waals surface area contributed by atoms with E-state index in [1.807, 2.05) is 24.3 Å². The number of pyridine rings is 2. The highest BCUT2D eigenvalue weighted by Gasteiger charge is 2.14. The molecular formula is C26H29N7O2. The summed E-state index contributed by atoms with van der Waals surface area (Å²) in [7, 11) is 3.72. The Kier molecular flexibility index (Phi) is 6.69. The highest BCUT2D eigenvalue weighted by molar-refractivity contribution is 5.94. The lowest BCUT2D eigenvalue weighted by molar-refractivity contribution is 0.155. The second-order valence-corrected chi connectivity index (χ2v) is 8.79. The van der Waals surface area contributed by atoms with Crippen LogP contribution in [-0.4, -0.2) is 76.6 Å². The highest BCUT2D eigenvalue weighted by Crippen LogP contribution is 2.27. The summed E-state index contributed by atoms with van der Waals surface area (Å²) in [5.74, 6) is 0.867. The fourth-order valence-electron chi connectivity index (χ4n) is 4.26. The average Bonchev–Trinajstić information content (AvgIpc) is 2.89. The number of nitrogens with zero attached hydrogens (tertiary/aromatic N) is 5. The van der Waals surface area contributed by atoms with Gasteiger partial charge in [-0.1, -0.05) is 12.1 Å². The number of benzene rings is 1. The van der Waals surface area contributed by atoms with Crippen LogP contribution in [0, 0.1) is 0 Å². The van der Waals surface area contributed by atoms with Crippen LogP contribution >= 0.6 is 0 Å². The highest BCUT2D eigenvalue weighted by atomic mass is 16.5. The van der Waals surface area contributed by atoms with Crippen LogP contribution in [0.1, 0.15) is 5.56 Å². The van der Waals surface area contributed by atoms with Gasteiger partial charge in [0.2, 0.25) is 5.88 Å². The Hall–Kier alpha value is -3.82. The minimum Gasteiger partial charge on any atom is -0.480 e. The van der Waals surface area contributed by atoms with Gasteiger partial charge in [0.25, 0.3) is 5.56 Å². The van der Waals surface area contributed by atoms with Crippen LogP contribution in [0.2, 0.25) is 0 Å². The number of rotatable bonds is 7. The van der Waals surface area contributed by atoms with Crippen molar-refractivity contribution in [2.24, 2.45) is 0 Å². The van der Waals surface area contributed by atoms with Crippen molar-refractivity contribution in [3.63, 3.8) is 0 Å². The maximum absolute atomic E-state index is 12.7. The molecule has 1 fully saturated rings. The van der Waals surface area contributed by atoms with Crippen LogP contribution in [-0.2, 0) is 6.42 Å². The first kappa shape index (κ1) is 22.9. The minimum absolute atomic E-state index is 0.204. The lowest BCUT2D eigenvalue weighted by Crippen LogP contribution is -2.45. The number of hydrogen-bond acceptors (Lipinski definition) is 8. The third kappa shape index (κ3) is 5.31. The first-order valence-electron chi connectivity index (χ1n) is 11.7. The van der Waals surface area contributed by atoms with Crippen molar-refractivity contribution < 1.29 is 4.74 Å². The van der Waals surface area contributed by atoms with Gasteiger partial charge in [0.05, 0.1) is 30.6 Å². The number of anilines is 2. The maximum atomic E-state index is 12.7. The van der Waals surface area contributed by atoms with Crippen LogP contribution < -0.4 is 15.6 Å². The molecule has 2 N–H and O–H groups in total. The molecule has 9 nitrogen and oxygen atoms in total. The number of likely N-dealkylation sites (N-methyl/N-ethyl adjacent to an activating group) is 1. The van der Waals surface area contributed by atoms with E-state index < -0.39 is 0 Å². The first-order valence-corrected chi connectivity index (χ1v) is 11.7.